The van der Waals surface area contributed by atoms with Gasteiger partial charge in [0.15, 0.2) is 0 Å². The molecular weight excluding hydrogens is 290 g/mol. The third-order valence-electron chi connectivity index (χ3n) is 3.77. The Morgan fingerprint density at radius 2 is 1.83 bits per heavy atom. The summed E-state index contributed by atoms with van der Waals surface area (Å²) in [6, 6.07) is 13.5. The number of benzene rings is 1. The molecule has 0 amide bonds. The molecule has 3 rings (SSSR count). The normalized spacial score (nSPS) is 10.7. The molecule has 3 aromatic rings. The SMILES string of the molecule is Cc1cnc(-c2cc(-c3ccccc3)n(CC(=O)O)n2)cc1C. The lowest BCUT2D eigenvalue weighted by Crippen LogP contribution is -2.11. The minimum atomic E-state index is -0.926. The molecule has 0 aliphatic carbocycles. The molecule has 0 aliphatic heterocycles. The molecule has 0 saturated carbocycles. The molecule has 2 aromatic heterocycles. The van der Waals surface area contributed by atoms with E-state index in [1.54, 1.807) is 0 Å². The van der Waals surface area contributed by atoms with Gasteiger partial charge in [0.25, 0.3) is 0 Å². The van der Waals surface area contributed by atoms with Crippen LogP contribution in [0.4, 0.5) is 0 Å². The van der Waals surface area contributed by atoms with Crippen LogP contribution in [-0.4, -0.2) is 25.8 Å². The van der Waals surface area contributed by atoms with Gasteiger partial charge in [0.05, 0.1) is 11.4 Å². The van der Waals surface area contributed by atoms with Crippen molar-refractivity contribution < 1.29 is 9.90 Å². The van der Waals surface area contributed by atoms with Gasteiger partial charge in [-0.25, -0.2) is 0 Å². The van der Waals surface area contributed by atoms with Crippen molar-refractivity contribution in [3.05, 3.63) is 59.8 Å². The minimum absolute atomic E-state index is 0.185. The number of rotatable bonds is 4. The van der Waals surface area contributed by atoms with Gasteiger partial charge < -0.3 is 5.11 Å². The lowest BCUT2D eigenvalue weighted by Gasteiger charge is -2.04. The fourth-order valence-electron chi connectivity index (χ4n) is 2.40. The van der Waals surface area contributed by atoms with Gasteiger partial charge in [-0.1, -0.05) is 30.3 Å². The number of carboxylic acids is 1. The van der Waals surface area contributed by atoms with Gasteiger partial charge in [-0.2, -0.15) is 5.10 Å². The van der Waals surface area contributed by atoms with Gasteiger partial charge in [-0.05, 0) is 42.7 Å². The highest BCUT2D eigenvalue weighted by molar-refractivity contribution is 5.71. The first-order valence-electron chi connectivity index (χ1n) is 7.33. The molecule has 0 radical (unpaired) electrons. The van der Waals surface area contributed by atoms with Crippen LogP contribution in [-0.2, 0) is 11.3 Å². The van der Waals surface area contributed by atoms with E-state index in [1.165, 1.54) is 4.68 Å². The fraction of sp³-hybridized carbons (Fsp3) is 0.167. The number of aryl methyl sites for hydroxylation is 2. The number of hydrogen-bond donors (Lipinski definition) is 1. The summed E-state index contributed by atoms with van der Waals surface area (Å²) in [5.41, 5.74) is 5.35. The lowest BCUT2D eigenvalue weighted by atomic mass is 10.1. The Bertz CT molecular complexity index is 854. The third kappa shape index (κ3) is 3.13. The maximum Gasteiger partial charge on any atom is 0.325 e. The van der Waals surface area contributed by atoms with E-state index < -0.39 is 5.97 Å². The molecular formula is C18H17N3O2. The maximum atomic E-state index is 11.1. The molecule has 0 fully saturated rings. The summed E-state index contributed by atoms with van der Waals surface area (Å²) in [6.07, 6.45) is 1.81. The molecule has 5 nitrogen and oxygen atoms in total. The molecule has 5 heteroatoms. The molecule has 23 heavy (non-hydrogen) atoms. The largest absolute Gasteiger partial charge is 0.480 e. The Labute approximate surface area is 134 Å². The topological polar surface area (TPSA) is 68.0 Å². The highest BCUT2D eigenvalue weighted by Gasteiger charge is 2.14. The zero-order chi connectivity index (χ0) is 16.4. The van der Waals surface area contributed by atoms with E-state index in [0.29, 0.717) is 5.69 Å². The summed E-state index contributed by atoms with van der Waals surface area (Å²) in [5.74, 6) is -0.926. The van der Waals surface area contributed by atoms with Crippen LogP contribution in [0.5, 0.6) is 0 Å². The highest BCUT2D eigenvalue weighted by atomic mass is 16.4. The number of carbonyl (C=O) groups is 1. The Kier molecular flexibility index (Phi) is 3.93. The predicted molar refractivity (Wildman–Crippen MR) is 88.0 cm³/mol. The van der Waals surface area contributed by atoms with Crippen LogP contribution in [0.25, 0.3) is 22.6 Å². The number of pyridine rings is 1. The van der Waals surface area contributed by atoms with Crippen molar-refractivity contribution in [3.8, 4) is 22.6 Å². The predicted octanol–water partition coefficient (Wildman–Crippen LogP) is 3.31. The van der Waals surface area contributed by atoms with Crippen LogP contribution in [0, 0.1) is 13.8 Å². The summed E-state index contributed by atoms with van der Waals surface area (Å²) < 4.78 is 1.50. The Hall–Kier alpha value is -2.95. The van der Waals surface area contributed by atoms with E-state index in [0.717, 1.165) is 28.1 Å². The van der Waals surface area contributed by atoms with E-state index in [-0.39, 0.29) is 6.54 Å². The number of aliphatic carboxylic acids is 1. The van der Waals surface area contributed by atoms with Crippen molar-refractivity contribution in [1.82, 2.24) is 14.8 Å². The summed E-state index contributed by atoms with van der Waals surface area (Å²) in [6.45, 7) is 3.84. The monoisotopic (exact) mass is 307 g/mol. The van der Waals surface area contributed by atoms with Crippen molar-refractivity contribution in [2.75, 3.05) is 0 Å². The van der Waals surface area contributed by atoms with E-state index >= 15 is 0 Å². The molecule has 1 aromatic carbocycles. The Morgan fingerprint density at radius 3 is 2.48 bits per heavy atom. The molecule has 0 unspecified atom stereocenters. The Balaban J connectivity index is 2.10. The van der Waals surface area contributed by atoms with Gasteiger partial charge in [-0.15, -0.1) is 0 Å². The van der Waals surface area contributed by atoms with Crippen molar-refractivity contribution in [2.45, 2.75) is 20.4 Å². The van der Waals surface area contributed by atoms with Gasteiger partial charge in [-0.3, -0.25) is 14.5 Å². The van der Waals surface area contributed by atoms with Crippen molar-refractivity contribution in [1.29, 1.82) is 0 Å². The first-order valence-corrected chi connectivity index (χ1v) is 7.33. The Morgan fingerprint density at radius 1 is 1.09 bits per heavy atom. The molecule has 116 valence electrons. The van der Waals surface area contributed by atoms with Crippen molar-refractivity contribution in [2.24, 2.45) is 0 Å². The number of nitrogens with zero attached hydrogens (tertiary/aromatic N) is 3. The molecule has 0 spiro atoms. The molecule has 0 saturated heterocycles. The van der Waals surface area contributed by atoms with Crippen LogP contribution in [0.1, 0.15) is 11.1 Å². The lowest BCUT2D eigenvalue weighted by molar-refractivity contribution is -0.137. The van der Waals surface area contributed by atoms with Crippen LogP contribution in [0.2, 0.25) is 0 Å². The smallest absolute Gasteiger partial charge is 0.325 e. The molecule has 1 N–H and O–H groups in total. The number of carboxylic acid groups (broad SMARTS) is 1. The summed E-state index contributed by atoms with van der Waals surface area (Å²) in [5, 5.41) is 13.6. The summed E-state index contributed by atoms with van der Waals surface area (Å²) >= 11 is 0. The maximum absolute atomic E-state index is 11.1. The zero-order valence-corrected chi connectivity index (χ0v) is 13.0. The second-order valence-corrected chi connectivity index (χ2v) is 5.49. The van der Waals surface area contributed by atoms with E-state index in [2.05, 4.69) is 10.1 Å². The molecule has 0 atom stereocenters. The quantitative estimate of drug-likeness (QED) is 0.803. The standard InChI is InChI=1S/C18H17N3O2/c1-12-8-15(19-10-13(12)2)16-9-17(14-6-4-3-5-7-14)21(20-16)11-18(22)23/h3-10H,11H2,1-2H3,(H,22,23). The second kappa shape index (κ2) is 6.04. The van der Waals surface area contributed by atoms with Crippen LogP contribution in [0.3, 0.4) is 0 Å². The fourth-order valence-corrected chi connectivity index (χ4v) is 2.40. The minimum Gasteiger partial charge on any atom is -0.480 e. The van der Waals surface area contributed by atoms with Gasteiger partial charge in [0, 0.05) is 6.20 Å². The van der Waals surface area contributed by atoms with E-state index in [9.17, 15) is 4.79 Å². The molecule has 2 heterocycles. The first-order chi connectivity index (χ1) is 11.0. The molecule has 0 aliphatic rings. The van der Waals surface area contributed by atoms with Gasteiger partial charge in [0.1, 0.15) is 12.2 Å². The average molecular weight is 307 g/mol. The molecule has 0 bridgehead atoms. The summed E-state index contributed by atoms with van der Waals surface area (Å²) in [7, 11) is 0. The third-order valence-corrected chi connectivity index (χ3v) is 3.77. The summed E-state index contributed by atoms with van der Waals surface area (Å²) in [4.78, 5) is 15.5. The van der Waals surface area contributed by atoms with E-state index in [4.69, 9.17) is 5.11 Å². The van der Waals surface area contributed by atoms with Crippen LogP contribution < -0.4 is 0 Å². The van der Waals surface area contributed by atoms with Crippen LogP contribution >= 0.6 is 0 Å². The number of aromatic nitrogens is 3. The van der Waals surface area contributed by atoms with Crippen molar-refractivity contribution in [3.63, 3.8) is 0 Å². The van der Waals surface area contributed by atoms with Gasteiger partial charge in [0.2, 0.25) is 0 Å². The zero-order valence-electron chi connectivity index (χ0n) is 13.0. The first kappa shape index (κ1) is 15.0. The average Bonchev–Trinajstić information content (AvgIpc) is 2.94. The van der Waals surface area contributed by atoms with Crippen LogP contribution in [0.15, 0.2) is 48.7 Å². The highest BCUT2D eigenvalue weighted by Crippen LogP contribution is 2.26. The van der Waals surface area contributed by atoms with Gasteiger partial charge >= 0.3 is 5.97 Å². The van der Waals surface area contributed by atoms with E-state index in [1.807, 2.05) is 62.5 Å². The second-order valence-electron chi connectivity index (χ2n) is 5.49. The van der Waals surface area contributed by atoms with Crippen molar-refractivity contribution >= 4 is 5.97 Å². The number of hydrogen-bond acceptors (Lipinski definition) is 3.